The number of hydrogen-bond donors (Lipinski definition) is 5. The van der Waals surface area contributed by atoms with Crippen LogP contribution in [0.15, 0.2) is 0 Å². The lowest BCUT2D eigenvalue weighted by Crippen LogP contribution is -2.65. The molecule has 0 aromatic carbocycles. The maximum absolute atomic E-state index is 14.8. The first-order valence-corrected chi connectivity index (χ1v) is 11.4. The zero-order valence-electron chi connectivity index (χ0n) is 16.5. The summed E-state index contributed by atoms with van der Waals surface area (Å²) in [5, 5.41) is 35.5. The minimum Gasteiger partial charge on any atom is -0.388 e. The first-order valence-electron chi connectivity index (χ1n) is 9.72. The van der Waals surface area contributed by atoms with Crippen LogP contribution in [0.1, 0.15) is 39.5 Å². The van der Waals surface area contributed by atoms with Crippen molar-refractivity contribution in [1.29, 1.82) is 0 Å². The Morgan fingerprint density at radius 1 is 1.39 bits per heavy atom. The maximum Gasteiger partial charge on any atom is 0.237 e. The molecule has 0 saturated carbocycles. The van der Waals surface area contributed by atoms with Gasteiger partial charge in [0.25, 0.3) is 0 Å². The Morgan fingerprint density at radius 2 is 2.07 bits per heavy atom. The van der Waals surface area contributed by atoms with Gasteiger partial charge in [0.1, 0.15) is 35.5 Å². The van der Waals surface area contributed by atoms with Crippen molar-refractivity contribution in [3.63, 3.8) is 0 Å². The number of rotatable bonds is 8. The molecule has 0 aromatic rings. The van der Waals surface area contributed by atoms with Gasteiger partial charge in [-0.1, -0.05) is 19.8 Å². The third kappa shape index (κ3) is 5.50. The summed E-state index contributed by atoms with van der Waals surface area (Å²) in [7, 11) is 0. The van der Waals surface area contributed by atoms with Gasteiger partial charge in [-0.05, 0) is 19.6 Å². The average Bonchev–Trinajstić information content (AvgIpc) is 3.05. The van der Waals surface area contributed by atoms with Crippen molar-refractivity contribution in [2.45, 2.75) is 92.5 Å². The predicted octanol–water partition coefficient (Wildman–Crippen LogP) is 0.530. The molecule has 7 nitrogen and oxygen atoms in total. The molecule has 2 rings (SSSR count). The van der Waals surface area contributed by atoms with E-state index in [9.17, 15) is 24.5 Å². The Bertz CT molecular complexity index is 532. The summed E-state index contributed by atoms with van der Waals surface area (Å²) in [5.74, 6) is -0.425. The number of aliphatic hydroxyl groups is 3. The monoisotopic (exact) mass is 442 g/mol. The van der Waals surface area contributed by atoms with E-state index < -0.39 is 58.9 Å². The molecule has 0 bridgehead atoms. The molecule has 2 fully saturated rings. The van der Waals surface area contributed by atoms with Crippen molar-refractivity contribution in [1.82, 2.24) is 10.6 Å². The topological polar surface area (TPSA) is 111 Å². The van der Waals surface area contributed by atoms with Crippen molar-refractivity contribution in [2.24, 2.45) is 0 Å². The number of aliphatic hydroxyl groups excluding tert-OH is 3. The highest BCUT2D eigenvalue weighted by Crippen LogP contribution is 2.32. The highest BCUT2D eigenvalue weighted by molar-refractivity contribution is 7.99. The lowest BCUT2D eigenvalue weighted by Gasteiger charge is -2.44. The number of carbonyl (C=O) groups excluding carboxylic acids is 1. The van der Waals surface area contributed by atoms with E-state index in [0.29, 0.717) is 6.42 Å². The van der Waals surface area contributed by atoms with Gasteiger partial charge in [-0.15, -0.1) is 23.4 Å². The van der Waals surface area contributed by atoms with Crippen molar-refractivity contribution in [3.05, 3.63) is 0 Å². The van der Waals surface area contributed by atoms with Gasteiger partial charge in [0, 0.05) is 13.0 Å². The molecule has 1 amide bonds. The molecule has 2 aliphatic rings. The molecule has 28 heavy (non-hydrogen) atoms. The molecular weight excluding hydrogens is 411 g/mol. The number of alkyl halides is 2. The maximum atomic E-state index is 14.8. The Labute approximate surface area is 174 Å². The smallest absolute Gasteiger partial charge is 0.237 e. The molecule has 2 heterocycles. The fraction of sp³-hybridized carbons (Fsp3) is 0.944. The van der Waals surface area contributed by atoms with Crippen LogP contribution in [0, 0.1) is 0 Å². The summed E-state index contributed by atoms with van der Waals surface area (Å²) < 4.78 is 20.5. The molecule has 5 N–H and O–H groups in total. The zero-order valence-corrected chi connectivity index (χ0v) is 18.0. The molecule has 0 aliphatic carbocycles. The Morgan fingerprint density at radius 3 is 2.64 bits per heavy atom. The van der Waals surface area contributed by atoms with Crippen LogP contribution >= 0.6 is 23.4 Å². The van der Waals surface area contributed by atoms with Crippen LogP contribution in [-0.2, 0) is 9.53 Å². The fourth-order valence-electron chi connectivity index (χ4n) is 3.77. The summed E-state index contributed by atoms with van der Waals surface area (Å²) in [4.78, 5) is 12.7. The normalized spacial score (nSPS) is 40.9. The van der Waals surface area contributed by atoms with E-state index in [1.165, 1.54) is 11.8 Å². The van der Waals surface area contributed by atoms with Crippen molar-refractivity contribution >= 4 is 29.3 Å². The van der Waals surface area contributed by atoms with Crippen LogP contribution in [-0.4, -0.2) is 87.0 Å². The molecule has 0 radical (unpaired) electrons. The van der Waals surface area contributed by atoms with Crippen molar-refractivity contribution in [2.75, 3.05) is 12.8 Å². The van der Waals surface area contributed by atoms with Gasteiger partial charge in [-0.2, -0.15) is 0 Å². The average molecular weight is 443 g/mol. The van der Waals surface area contributed by atoms with Gasteiger partial charge in [0.15, 0.2) is 0 Å². The predicted molar refractivity (Wildman–Crippen MR) is 107 cm³/mol. The zero-order chi connectivity index (χ0) is 21.1. The number of thioether (sulfide) groups is 1. The summed E-state index contributed by atoms with van der Waals surface area (Å²) >= 11 is 7.42. The van der Waals surface area contributed by atoms with E-state index in [-0.39, 0.29) is 13.0 Å². The third-order valence-electron chi connectivity index (χ3n) is 5.53. The first kappa shape index (κ1) is 24.1. The van der Waals surface area contributed by atoms with Gasteiger partial charge in [-0.3, -0.25) is 4.79 Å². The van der Waals surface area contributed by atoms with E-state index in [4.69, 9.17) is 16.3 Å². The van der Waals surface area contributed by atoms with E-state index in [0.717, 1.165) is 12.8 Å². The Kier molecular flexibility index (Phi) is 8.82. The SMILES string of the molecule is CCCCC1(F)CNC(C(=O)NC(C(C)Cl)C2OC(SC)C(O)C(O)C2O)C1. The standard InChI is InChI=1S/C18H32ClFN2O5S/c1-4-5-6-18(20)7-10(21-8-18)16(26)22-11(9(2)19)15-13(24)12(23)14(25)17(27-15)28-3/h9-15,17,21,23-25H,4-8H2,1-3H3,(H,22,26). The van der Waals surface area contributed by atoms with Crippen molar-refractivity contribution in [3.8, 4) is 0 Å². The van der Waals surface area contributed by atoms with Gasteiger partial charge < -0.3 is 30.7 Å². The van der Waals surface area contributed by atoms with E-state index >= 15 is 0 Å². The van der Waals surface area contributed by atoms with Crippen LogP contribution < -0.4 is 10.6 Å². The molecule has 10 heteroatoms. The molecule has 9 atom stereocenters. The Hall–Kier alpha value is -0.160. The molecule has 2 saturated heterocycles. The summed E-state index contributed by atoms with van der Waals surface area (Å²) in [6, 6.07) is -1.53. The largest absolute Gasteiger partial charge is 0.388 e. The number of amides is 1. The molecule has 164 valence electrons. The number of ether oxygens (including phenoxy) is 1. The highest BCUT2D eigenvalue weighted by atomic mass is 35.5. The lowest BCUT2D eigenvalue weighted by molar-refractivity contribution is -0.205. The highest BCUT2D eigenvalue weighted by Gasteiger charge is 2.49. The van der Waals surface area contributed by atoms with E-state index in [2.05, 4.69) is 10.6 Å². The van der Waals surface area contributed by atoms with Crippen molar-refractivity contribution < 1.29 is 29.2 Å². The minimum absolute atomic E-state index is 0.0745. The summed E-state index contributed by atoms with van der Waals surface area (Å²) in [6.45, 7) is 3.75. The van der Waals surface area contributed by atoms with Crippen LogP contribution in [0.25, 0.3) is 0 Å². The fourth-order valence-corrected chi connectivity index (χ4v) is 4.66. The number of hydrogen-bond acceptors (Lipinski definition) is 7. The summed E-state index contributed by atoms with van der Waals surface area (Å²) in [5.41, 5.74) is -2.18. The quantitative estimate of drug-likeness (QED) is 0.349. The molecular formula is C18H32ClFN2O5S. The summed E-state index contributed by atoms with van der Waals surface area (Å²) in [6.07, 6.45) is -1.30. The number of halogens is 2. The van der Waals surface area contributed by atoms with Crippen LogP contribution in [0.2, 0.25) is 0 Å². The van der Waals surface area contributed by atoms with Gasteiger partial charge >= 0.3 is 0 Å². The molecule has 0 aromatic heterocycles. The van der Waals surface area contributed by atoms with Gasteiger partial charge in [0.2, 0.25) is 5.91 Å². The second-order valence-corrected chi connectivity index (χ2v) is 9.40. The van der Waals surface area contributed by atoms with Gasteiger partial charge in [0.05, 0.1) is 17.5 Å². The molecule has 2 aliphatic heterocycles. The second-order valence-electron chi connectivity index (χ2n) is 7.78. The minimum atomic E-state index is -1.43. The lowest BCUT2D eigenvalue weighted by atomic mass is 9.92. The van der Waals surface area contributed by atoms with E-state index in [1.807, 2.05) is 6.92 Å². The molecule has 0 spiro atoms. The van der Waals surface area contributed by atoms with E-state index in [1.54, 1.807) is 13.2 Å². The van der Waals surface area contributed by atoms with Crippen LogP contribution in [0.5, 0.6) is 0 Å². The number of nitrogens with one attached hydrogen (secondary N) is 2. The van der Waals surface area contributed by atoms with Crippen LogP contribution in [0.3, 0.4) is 0 Å². The molecule has 9 unspecified atom stereocenters. The number of unbranched alkanes of at least 4 members (excludes halogenated alkanes) is 1. The first-order chi connectivity index (χ1) is 13.1. The number of carbonyl (C=O) groups is 1. The third-order valence-corrected chi connectivity index (χ3v) is 6.65. The Balaban J connectivity index is 2.05. The second kappa shape index (κ2) is 10.2. The van der Waals surface area contributed by atoms with Gasteiger partial charge in [-0.25, -0.2) is 4.39 Å². The van der Waals surface area contributed by atoms with Crippen LogP contribution in [0.4, 0.5) is 4.39 Å².